The zero-order chi connectivity index (χ0) is 29.3. The monoisotopic (exact) mass is 600 g/mol. The van der Waals surface area contributed by atoms with Crippen LogP contribution < -0.4 is 33.6 Å². The van der Waals surface area contributed by atoms with E-state index in [9.17, 15) is 0 Å². The first-order valence-corrected chi connectivity index (χ1v) is 13.4. The molecule has 0 atom stereocenters. The number of hydrogen-bond donors (Lipinski definition) is 6. The fourth-order valence-corrected chi connectivity index (χ4v) is 2.95. The van der Waals surface area contributed by atoms with Crippen molar-refractivity contribution in [2.75, 3.05) is 23.7 Å². The molecule has 0 saturated heterocycles. The molecule has 17 heteroatoms. The van der Waals surface area contributed by atoms with E-state index in [1.807, 2.05) is 0 Å². The van der Waals surface area contributed by atoms with Crippen LogP contribution in [0.25, 0.3) is 0 Å². The predicted molar refractivity (Wildman–Crippen MR) is 155 cm³/mol. The zero-order valence-corrected chi connectivity index (χ0v) is 23.1. The molecule has 0 aliphatic heterocycles. The molecule has 0 aromatic heterocycles. The molecule has 0 aliphatic carbocycles. The van der Waals surface area contributed by atoms with Gasteiger partial charge in [0.05, 0.1) is 0 Å². The summed E-state index contributed by atoms with van der Waals surface area (Å²) in [7, 11) is -5.17. The fraction of sp³-hybridized carbons (Fsp3) is 0.273. The van der Waals surface area contributed by atoms with Crippen LogP contribution in [0.15, 0.2) is 68.5 Å². The molecule has 2 aromatic carbocycles. The lowest BCUT2D eigenvalue weighted by Crippen LogP contribution is -2.26. The average Bonchev–Trinajstić information content (AvgIpc) is 2.82. The van der Waals surface area contributed by atoms with Gasteiger partial charge in [-0.25, -0.2) is 0 Å². The van der Waals surface area contributed by atoms with Gasteiger partial charge in [0.15, 0.2) is 0 Å². The van der Waals surface area contributed by atoms with E-state index in [1.54, 1.807) is 48.5 Å². The number of hydrogen-bond acceptors (Lipinski definition) is 6. The molecule has 0 radical (unpaired) electrons. The Morgan fingerprint density at radius 3 is 1.28 bits per heavy atom. The van der Waals surface area contributed by atoms with Crippen LogP contribution in [-0.4, -0.2) is 54.5 Å². The van der Waals surface area contributed by atoms with E-state index >= 15 is 0 Å². The summed E-state index contributed by atoms with van der Waals surface area (Å²) in [6.45, 7) is 1.12. The summed E-state index contributed by atoms with van der Waals surface area (Å²) >= 11 is 11.7. The highest BCUT2D eigenvalue weighted by Gasteiger charge is 1.99. The van der Waals surface area contributed by atoms with E-state index < -0.39 is 10.4 Å². The van der Waals surface area contributed by atoms with E-state index in [0.717, 1.165) is 37.1 Å². The average molecular weight is 602 g/mol. The summed E-state index contributed by atoms with van der Waals surface area (Å²) in [4.78, 5) is 16.5. The van der Waals surface area contributed by atoms with Crippen LogP contribution in [0.4, 0.5) is 11.4 Å². The van der Waals surface area contributed by atoms with Gasteiger partial charge in [-0.05, 0) is 61.4 Å². The predicted octanol–water partition coefficient (Wildman–Crippen LogP) is 2.00. The molecule has 2 rings (SSSR count). The van der Waals surface area contributed by atoms with Crippen LogP contribution >= 0.6 is 23.2 Å². The highest BCUT2D eigenvalue weighted by atomic mass is 35.5. The maximum atomic E-state index is 8.52. The third kappa shape index (κ3) is 19.1. The number of guanidine groups is 4. The Kier molecular flexibility index (Phi) is 15.2. The van der Waals surface area contributed by atoms with E-state index in [4.69, 9.17) is 63.7 Å². The zero-order valence-electron chi connectivity index (χ0n) is 20.8. The first-order chi connectivity index (χ1) is 18.3. The maximum absolute atomic E-state index is 8.52. The topological polar surface area (TPSA) is 258 Å². The van der Waals surface area contributed by atoms with Gasteiger partial charge in [-0.3, -0.25) is 18.4 Å². The van der Waals surface area contributed by atoms with Crippen molar-refractivity contribution in [2.45, 2.75) is 25.7 Å². The van der Waals surface area contributed by atoms with Gasteiger partial charge in [0, 0.05) is 44.9 Å². The summed E-state index contributed by atoms with van der Waals surface area (Å²) in [5.74, 6) is 0.564. The molecule has 0 fully saturated rings. The number of rotatable bonds is 9. The highest BCUT2D eigenvalue weighted by Crippen LogP contribution is 2.13. The summed E-state index contributed by atoms with van der Waals surface area (Å²) < 4.78 is 34.1. The molecular formula is C22H30Cl2N10O4S-2. The Labute approximate surface area is 236 Å². The minimum atomic E-state index is -5.17. The Balaban J connectivity index is 0.00000139. The van der Waals surface area contributed by atoms with Crippen molar-refractivity contribution in [3.63, 3.8) is 0 Å². The number of nitrogens with one attached hydrogen (secondary N) is 2. The molecule has 214 valence electrons. The summed E-state index contributed by atoms with van der Waals surface area (Å²) in [5.41, 5.74) is 24.8. The Hall–Kier alpha value is -3.63. The number of nitrogens with two attached hydrogens (primary N) is 4. The molecule has 0 saturated carbocycles. The van der Waals surface area contributed by atoms with Gasteiger partial charge in [0.1, 0.15) is 0 Å². The Morgan fingerprint density at radius 2 is 0.974 bits per heavy atom. The van der Waals surface area contributed by atoms with Crippen molar-refractivity contribution in [2.24, 2.45) is 42.9 Å². The van der Waals surface area contributed by atoms with Gasteiger partial charge in [0.2, 0.25) is 23.8 Å². The number of aliphatic imine (C=N–C) groups is 4. The normalized spacial score (nSPS) is 12.9. The van der Waals surface area contributed by atoms with E-state index in [-0.39, 0.29) is 23.8 Å². The van der Waals surface area contributed by atoms with Gasteiger partial charge in [0.25, 0.3) is 0 Å². The van der Waals surface area contributed by atoms with Gasteiger partial charge < -0.3 is 42.7 Å². The van der Waals surface area contributed by atoms with Crippen molar-refractivity contribution < 1.29 is 17.5 Å². The first kappa shape index (κ1) is 33.4. The molecule has 39 heavy (non-hydrogen) atoms. The minimum Gasteiger partial charge on any atom is -0.759 e. The van der Waals surface area contributed by atoms with Crippen molar-refractivity contribution >= 4 is 68.8 Å². The van der Waals surface area contributed by atoms with Crippen molar-refractivity contribution in [3.05, 3.63) is 58.6 Å². The van der Waals surface area contributed by atoms with Crippen LogP contribution in [0.1, 0.15) is 25.7 Å². The second kappa shape index (κ2) is 17.8. The molecule has 0 spiro atoms. The first-order valence-electron chi connectivity index (χ1n) is 11.3. The van der Waals surface area contributed by atoms with E-state index in [2.05, 4.69) is 30.6 Å². The van der Waals surface area contributed by atoms with Gasteiger partial charge in [-0.15, -0.1) is 0 Å². The number of halogens is 2. The van der Waals surface area contributed by atoms with Crippen LogP contribution in [0.2, 0.25) is 10.0 Å². The van der Waals surface area contributed by atoms with Crippen LogP contribution in [0.5, 0.6) is 0 Å². The Bertz CT molecular complexity index is 1160. The molecule has 14 nitrogen and oxygen atoms in total. The molecule has 0 amide bonds. The van der Waals surface area contributed by atoms with E-state index in [1.165, 1.54) is 0 Å². The largest absolute Gasteiger partial charge is 0.759 e. The molecule has 0 aliphatic rings. The molecule has 10 N–H and O–H groups in total. The number of anilines is 2. The van der Waals surface area contributed by atoms with E-state index in [0.29, 0.717) is 23.1 Å². The standard InChI is InChI=1S/C22H30Cl2N10.H2O4S/c23-15-5-9-17(10-6-15)31-21(27)33-19(25)29-13-3-1-2-4-14-30-20(26)34-22(28)32-18-11-7-16(24)8-12-18;1-5(2,3)4/h5-12H,1-4,13-14H2,(H5,25,27,29,31,33)(H5,26,28,30,32,34);(H2,1,2,3,4)/p-2. The SMILES string of the molecule is NC(=NCCCCCCN=C(N)/N=C(\N)Nc1ccc(Cl)cc1)/N=C(\N)Nc1ccc(Cl)cc1.O=S(=O)([O-])[O-]. The quantitative estimate of drug-likeness (QED) is 0.0800. The highest BCUT2D eigenvalue weighted by molar-refractivity contribution is 7.79. The third-order valence-corrected chi connectivity index (χ3v) is 4.82. The third-order valence-electron chi connectivity index (χ3n) is 4.32. The van der Waals surface area contributed by atoms with Gasteiger partial charge >= 0.3 is 0 Å². The second-order valence-electron chi connectivity index (χ2n) is 7.56. The molecular weight excluding hydrogens is 571 g/mol. The second-order valence-corrected chi connectivity index (χ2v) is 9.25. The van der Waals surface area contributed by atoms with Crippen molar-refractivity contribution in [3.8, 4) is 0 Å². The van der Waals surface area contributed by atoms with Crippen molar-refractivity contribution in [1.29, 1.82) is 0 Å². The summed E-state index contributed by atoms with van der Waals surface area (Å²) in [6.07, 6.45) is 3.68. The molecule has 0 heterocycles. The maximum Gasteiger partial charge on any atom is 0.218 e. The lowest BCUT2D eigenvalue weighted by molar-refractivity contribution is 0.352. The minimum absolute atomic E-state index is 0.124. The Morgan fingerprint density at radius 1 is 0.667 bits per heavy atom. The molecule has 2 aromatic rings. The molecule has 0 bridgehead atoms. The van der Waals surface area contributed by atoms with Crippen LogP contribution in [0, 0.1) is 0 Å². The number of unbranched alkanes of at least 4 members (excludes halogenated alkanes) is 3. The smallest absolute Gasteiger partial charge is 0.218 e. The van der Waals surface area contributed by atoms with Gasteiger partial charge in [-0.1, -0.05) is 36.0 Å². The van der Waals surface area contributed by atoms with Crippen LogP contribution in [-0.2, 0) is 10.4 Å². The van der Waals surface area contributed by atoms with Crippen LogP contribution in [0.3, 0.4) is 0 Å². The fourth-order valence-electron chi connectivity index (χ4n) is 2.70. The number of nitrogens with zero attached hydrogens (tertiary/aromatic N) is 4. The summed E-state index contributed by atoms with van der Waals surface area (Å²) in [6, 6.07) is 14.1. The number of benzene rings is 2. The van der Waals surface area contributed by atoms with Crippen molar-refractivity contribution in [1.82, 2.24) is 0 Å². The lowest BCUT2D eigenvalue weighted by atomic mass is 10.2. The summed E-state index contributed by atoms with van der Waals surface area (Å²) in [5, 5.41) is 7.11. The van der Waals surface area contributed by atoms with Gasteiger partial charge in [-0.2, -0.15) is 9.98 Å². The molecule has 0 unspecified atom stereocenters. The lowest BCUT2D eigenvalue weighted by Gasteiger charge is -2.06.